The van der Waals surface area contributed by atoms with Gasteiger partial charge < -0.3 is 0 Å². The monoisotopic (exact) mass is 782 g/mol. The zero-order valence-corrected chi connectivity index (χ0v) is 33.9. The van der Waals surface area contributed by atoms with E-state index in [9.17, 15) is 0 Å². The van der Waals surface area contributed by atoms with Crippen molar-refractivity contribution in [3.63, 3.8) is 0 Å². The fourth-order valence-corrected chi connectivity index (χ4v) is 10.7. The number of fused-ring (bicyclic) bond motifs is 13. The molecular weight excluding hydrogens is 745 g/mol. The molecule has 286 valence electrons. The molecule has 0 unspecified atom stereocenters. The standard InChI is InChI=1S/C62H38/c1-2-19-44-42(16-1)37-57(48-23-5-3-20-45(44)48)41-17-15-18-43(36-41)61-55-30-13-11-28-53(55)60(54-29-12-14-31-56(54)61)40-34-32-39(33-35-40)58-38-59-49-24-6-4-21-46(49)47-22-7-9-26-51(47)62(59)52-27-10-8-25-50(52)58/h1-38H. The first kappa shape index (κ1) is 34.8. The summed E-state index contributed by atoms with van der Waals surface area (Å²) in [5, 5.41) is 20.5. The summed E-state index contributed by atoms with van der Waals surface area (Å²) in [4.78, 5) is 0. The van der Waals surface area contributed by atoms with Crippen LogP contribution in [0, 0.1) is 0 Å². The number of rotatable bonds is 4. The van der Waals surface area contributed by atoms with E-state index in [1.54, 1.807) is 0 Å². The van der Waals surface area contributed by atoms with Gasteiger partial charge in [0.05, 0.1) is 0 Å². The maximum absolute atomic E-state index is 2.44. The van der Waals surface area contributed by atoms with Crippen molar-refractivity contribution in [1.82, 2.24) is 0 Å². The van der Waals surface area contributed by atoms with Crippen molar-refractivity contribution in [1.29, 1.82) is 0 Å². The fraction of sp³-hybridized carbons (Fsp3) is 0. The molecule has 0 radical (unpaired) electrons. The normalized spacial score (nSPS) is 11.9. The van der Waals surface area contributed by atoms with Crippen LogP contribution in [0.3, 0.4) is 0 Å². The second-order valence-corrected chi connectivity index (χ2v) is 16.7. The molecule has 0 aliphatic rings. The molecule has 13 rings (SSSR count). The largest absolute Gasteiger partial charge is 0.0616 e. The maximum atomic E-state index is 2.44. The van der Waals surface area contributed by atoms with Gasteiger partial charge in [0, 0.05) is 0 Å². The summed E-state index contributed by atoms with van der Waals surface area (Å²) in [7, 11) is 0. The molecule has 13 aromatic rings. The molecule has 0 bridgehead atoms. The molecule has 0 N–H and O–H groups in total. The molecule has 13 aromatic carbocycles. The van der Waals surface area contributed by atoms with E-state index in [1.807, 2.05) is 0 Å². The Morgan fingerprint density at radius 3 is 1.15 bits per heavy atom. The molecule has 0 aliphatic heterocycles. The first-order valence-corrected chi connectivity index (χ1v) is 21.6. The van der Waals surface area contributed by atoms with Gasteiger partial charge in [0.15, 0.2) is 0 Å². The van der Waals surface area contributed by atoms with Crippen molar-refractivity contribution in [2.24, 2.45) is 0 Å². The Balaban J connectivity index is 0.991. The molecule has 0 saturated carbocycles. The molecule has 0 fully saturated rings. The van der Waals surface area contributed by atoms with Gasteiger partial charge in [-0.25, -0.2) is 0 Å². The maximum Gasteiger partial charge on any atom is -0.00199 e. The van der Waals surface area contributed by atoms with Crippen LogP contribution in [0.4, 0.5) is 0 Å². The van der Waals surface area contributed by atoms with Crippen LogP contribution in [0.15, 0.2) is 231 Å². The third kappa shape index (κ3) is 5.20. The number of benzene rings is 13. The molecule has 0 heterocycles. The highest BCUT2D eigenvalue weighted by molar-refractivity contribution is 6.33. The van der Waals surface area contributed by atoms with Gasteiger partial charge in [-0.3, -0.25) is 0 Å². The number of hydrogen-bond donors (Lipinski definition) is 0. The van der Waals surface area contributed by atoms with Gasteiger partial charge in [-0.15, -0.1) is 0 Å². The minimum absolute atomic E-state index is 1.21. The fourth-order valence-electron chi connectivity index (χ4n) is 10.7. The first-order chi connectivity index (χ1) is 30.8. The van der Waals surface area contributed by atoms with E-state index in [4.69, 9.17) is 0 Å². The van der Waals surface area contributed by atoms with E-state index in [0.29, 0.717) is 0 Å². The van der Waals surface area contributed by atoms with E-state index in [1.165, 1.54) is 131 Å². The van der Waals surface area contributed by atoms with Crippen LogP contribution < -0.4 is 0 Å². The lowest BCUT2D eigenvalue weighted by Gasteiger charge is -2.19. The highest BCUT2D eigenvalue weighted by Crippen LogP contribution is 2.47. The van der Waals surface area contributed by atoms with Crippen molar-refractivity contribution in [3.8, 4) is 44.5 Å². The third-order valence-electron chi connectivity index (χ3n) is 13.4. The average Bonchev–Trinajstić information content (AvgIpc) is 3.35. The van der Waals surface area contributed by atoms with Crippen LogP contribution in [0.5, 0.6) is 0 Å². The molecule has 0 spiro atoms. The third-order valence-corrected chi connectivity index (χ3v) is 13.4. The van der Waals surface area contributed by atoms with Crippen LogP contribution >= 0.6 is 0 Å². The smallest absolute Gasteiger partial charge is 0.00199 e. The van der Waals surface area contributed by atoms with Gasteiger partial charge in [-0.2, -0.15) is 0 Å². The van der Waals surface area contributed by atoms with Gasteiger partial charge in [0.2, 0.25) is 0 Å². The van der Waals surface area contributed by atoms with Crippen LogP contribution in [0.2, 0.25) is 0 Å². The SMILES string of the molecule is c1cc(-c2c3ccccc3c(-c3ccc(-c4cc5c6ccccc6c6ccccc6c5c5ccccc45)cc3)c3ccccc23)cc(-c2cc3ccccc3c3ccccc23)c1. The second-order valence-electron chi connectivity index (χ2n) is 16.7. The Morgan fingerprint density at radius 2 is 0.548 bits per heavy atom. The van der Waals surface area contributed by atoms with Crippen molar-refractivity contribution < 1.29 is 0 Å². The zero-order chi connectivity index (χ0) is 40.7. The summed E-state index contributed by atoms with van der Waals surface area (Å²) in [6, 6.07) is 85.6. The summed E-state index contributed by atoms with van der Waals surface area (Å²) in [6.07, 6.45) is 0. The lowest BCUT2D eigenvalue weighted by Crippen LogP contribution is -1.92. The quantitative estimate of drug-likeness (QED) is 0.123. The highest BCUT2D eigenvalue weighted by Gasteiger charge is 2.19. The Labute approximate surface area is 359 Å². The van der Waals surface area contributed by atoms with Crippen LogP contribution in [-0.2, 0) is 0 Å². The Morgan fingerprint density at radius 1 is 0.177 bits per heavy atom. The molecule has 0 nitrogen and oxygen atoms in total. The van der Waals surface area contributed by atoms with Crippen LogP contribution in [0.1, 0.15) is 0 Å². The predicted octanol–water partition coefficient (Wildman–Crippen LogP) is 17.6. The summed E-state index contributed by atoms with van der Waals surface area (Å²) in [5.74, 6) is 0. The van der Waals surface area contributed by atoms with Gasteiger partial charge in [0.25, 0.3) is 0 Å². The molecule has 0 aromatic heterocycles. The van der Waals surface area contributed by atoms with Crippen molar-refractivity contribution in [3.05, 3.63) is 231 Å². The minimum Gasteiger partial charge on any atom is -0.0616 e. The second kappa shape index (κ2) is 13.7. The highest BCUT2D eigenvalue weighted by atomic mass is 14.2. The molecular formula is C62H38. The van der Waals surface area contributed by atoms with Crippen molar-refractivity contribution in [2.45, 2.75) is 0 Å². The first-order valence-electron chi connectivity index (χ1n) is 21.6. The molecule has 0 amide bonds. The van der Waals surface area contributed by atoms with Gasteiger partial charge in [-0.05, 0) is 149 Å². The lowest BCUT2D eigenvalue weighted by molar-refractivity contribution is 1.63. The van der Waals surface area contributed by atoms with Crippen molar-refractivity contribution in [2.75, 3.05) is 0 Å². The van der Waals surface area contributed by atoms with E-state index >= 15 is 0 Å². The topological polar surface area (TPSA) is 0 Å². The van der Waals surface area contributed by atoms with Crippen LogP contribution in [-0.4, -0.2) is 0 Å². The van der Waals surface area contributed by atoms with Gasteiger partial charge in [-0.1, -0.05) is 212 Å². The number of hydrogen-bond acceptors (Lipinski definition) is 0. The van der Waals surface area contributed by atoms with Crippen LogP contribution in [0.25, 0.3) is 131 Å². The van der Waals surface area contributed by atoms with E-state index in [-0.39, 0.29) is 0 Å². The molecule has 0 atom stereocenters. The summed E-state index contributed by atoms with van der Waals surface area (Å²) in [6.45, 7) is 0. The zero-order valence-electron chi connectivity index (χ0n) is 33.9. The average molecular weight is 783 g/mol. The van der Waals surface area contributed by atoms with E-state index < -0.39 is 0 Å². The van der Waals surface area contributed by atoms with E-state index in [0.717, 1.165) is 0 Å². The van der Waals surface area contributed by atoms with Gasteiger partial charge >= 0.3 is 0 Å². The predicted molar refractivity (Wildman–Crippen MR) is 268 cm³/mol. The summed E-state index contributed by atoms with van der Waals surface area (Å²) in [5.41, 5.74) is 9.92. The molecule has 62 heavy (non-hydrogen) atoms. The minimum atomic E-state index is 1.21. The Bertz CT molecular complexity index is 3910. The van der Waals surface area contributed by atoms with E-state index in [2.05, 4.69) is 231 Å². The summed E-state index contributed by atoms with van der Waals surface area (Å²) >= 11 is 0. The molecule has 0 aliphatic carbocycles. The summed E-state index contributed by atoms with van der Waals surface area (Å²) < 4.78 is 0. The van der Waals surface area contributed by atoms with Crippen molar-refractivity contribution >= 4 is 86.2 Å². The lowest BCUT2D eigenvalue weighted by atomic mass is 9.84. The Kier molecular flexibility index (Phi) is 7.71. The molecule has 0 heteroatoms. The molecule has 0 saturated heterocycles. The Hall–Kier alpha value is -8.06. The van der Waals surface area contributed by atoms with Gasteiger partial charge in [0.1, 0.15) is 0 Å².